The molecule has 0 spiro atoms. The van der Waals surface area contributed by atoms with E-state index >= 15 is 0 Å². The number of aromatic nitrogens is 1. The Bertz CT molecular complexity index is 2580. The molecule has 1 fully saturated rings. The number of benzene rings is 7. The molecule has 0 amide bonds. The zero-order valence-corrected chi connectivity index (χ0v) is 28.6. The first-order valence-corrected chi connectivity index (χ1v) is 18.6. The summed E-state index contributed by atoms with van der Waals surface area (Å²) in [5, 5.41) is 5.16. The van der Waals surface area contributed by atoms with Crippen LogP contribution in [0.25, 0.3) is 58.8 Å². The molecule has 0 atom stereocenters. The number of rotatable bonds is 6. The Kier molecular flexibility index (Phi) is 7.06. The second kappa shape index (κ2) is 12.0. The van der Waals surface area contributed by atoms with Crippen molar-refractivity contribution in [3.63, 3.8) is 0 Å². The smallest absolute Gasteiger partial charge is 0.0541 e. The van der Waals surface area contributed by atoms with Crippen LogP contribution >= 0.6 is 11.3 Å². The topological polar surface area (TPSA) is 8.17 Å². The maximum atomic E-state index is 2.40. The lowest BCUT2D eigenvalue weighted by Gasteiger charge is -2.26. The van der Waals surface area contributed by atoms with Crippen molar-refractivity contribution in [1.82, 2.24) is 4.57 Å². The average Bonchev–Trinajstić information content (AvgIpc) is 3.93. The third kappa shape index (κ3) is 4.92. The van der Waals surface area contributed by atoms with Gasteiger partial charge in [-0.25, -0.2) is 0 Å². The van der Waals surface area contributed by atoms with Crippen molar-refractivity contribution >= 4 is 70.4 Å². The van der Waals surface area contributed by atoms with E-state index in [4.69, 9.17) is 0 Å². The molecule has 10 rings (SSSR count). The molecule has 240 valence electrons. The molecule has 1 aliphatic rings. The minimum atomic E-state index is 0.735. The van der Waals surface area contributed by atoms with Crippen molar-refractivity contribution in [1.29, 1.82) is 0 Å². The van der Waals surface area contributed by atoms with Crippen LogP contribution in [-0.4, -0.2) is 4.57 Å². The minimum Gasteiger partial charge on any atom is -0.310 e. The Morgan fingerprint density at radius 3 is 1.64 bits per heavy atom. The average molecular weight is 661 g/mol. The Hall–Kier alpha value is -5.64. The first-order valence-electron chi connectivity index (χ1n) is 17.8. The standard InChI is InChI=1S/C47H36N2S/c1-2-10-32(9-1)33-17-19-34(20-18-33)35-21-23-36(24-22-35)48(39-29-30-47-43(31-39)42-13-5-8-16-46(42)50-47)37-25-27-38(28-26-37)49-44-14-6-3-11-40(44)41-12-4-7-15-45(41)49/h3-8,11-32H,1-2,9-10H2. The van der Waals surface area contributed by atoms with Crippen molar-refractivity contribution in [3.05, 3.63) is 169 Å². The summed E-state index contributed by atoms with van der Waals surface area (Å²) in [5.41, 5.74) is 11.0. The van der Waals surface area contributed by atoms with Crippen LogP contribution in [0.2, 0.25) is 0 Å². The van der Waals surface area contributed by atoms with Crippen LogP contribution < -0.4 is 4.90 Å². The van der Waals surface area contributed by atoms with Crippen LogP contribution in [0.1, 0.15) is 37.2 Å². The SMILES string of the molecule is c1ccc2c(c1)sc1ccc(N(c3ccc(-c4ccc(C5CCCC5)cc4)cc3)c3ccc(-n4c5ccccc5c5ccccc54)cc3)cc12. The number of thiophene rings is 1. The van der Waals surface area contributed by atoms with Crippen LogP contribution in [0.15, 0.2) is 164 Å². The van der Waals surface area contributed by atoms with Gasteiger partial charge in [0.05, 0.1) is 11.0 Å². The molecule has 7 aromatic carbocycles. The van der Waals surface area contributed by atoms with E-state index in [0.717, 1.165) is 28.7 Å². The fourth-order valence-electron chi connectivity index (χ4n) is 8.26. The first-order chi connectivity index (χ1) is 24.8. The summed E-state index contributed by atoms with van der Waals surface area (Å²) in [7, 11) is 0. The highest BCUT2D eigenvalue weighted by Gasteiger charge is 2.18. The van der Waals surface area contributed by atoms with Gasteiger partial charge < -0.3 is 9.47 Å². The molecule has 0 unspecified atom stereocenters. The first kappa shape index (κ1) is 29.3. The fourth-order valence-corrected chi connectivity index (χ4v) is 9.35. The maximum absolute atomic E-state index is 2.40. The summed E-state index contributed by atoms with van der Waals surface area (Å²) in [4.78, 5) is 2.40. The van der Waals surface area contributed by atoms with Crippen molar-refractivity contribution in [2.24, 2.45) is 0 Å². The van der Waals surface area contributed by atoms with E-state index in [0.29, 0.717) is 0 Å². The Balaban J connectivity index is 1.07. The second-order valence-electron chi connectivity index (χ2n) is 13.7. The van der Waals surface area contributed by atoms with Crippen molar-refractivity contribution in [3.8, 4) is 16.8 Å². The molecule has 0 saturated heterocycles. The molecular formula is C47H36N2S. The van der Waals surface area contributed by atoms with Gasteiger partial charge >= 0.3 is 0 Å². The minimum absolute atomic E-state index is 0.735. The molecule has 0 radical (unpaired) electrons. The molecule has 0 aliphatic heterocycles. The van der Waals surface area contributed by atoms with Gasteiger partial charge in [-0.3, -0.25) is 0 Å². The summed E-state index contributed by atoms with van der Waals surface area (Å²) in [6.45, 7) is 0. The largest absolute Gasteiger partial charge is 0.310 e. The lowest BCUT2D eigenvalue weighted by atomic mass is 9.95. The number of para-hydroxylation sites is 2. The monoisotopic (exact) mass is 660 g/mol. The molecule has 0 bridgehead atoms. The van der Waals surface area contributed by atoms with Gasteiger partial charge in [0.15, 0.2) is 0 Å². The van der Waals surface area contributed by atoms with Crippen LogP contribution in [0, 0.1) is 0 Å². The van der Waals surface area contributed by atoms with Gasteiger partial charge in [-0.1, -0.05) is 104 Å². The predicted molar refractivity (Wildman–Crippen MR) is 215 cm³/mol. The van der Waals surface area contributed by atoms with E-state index in [1.54, 1.807) is 0 Å². The number of anilines is 3. The molecule has 1 aliphatic carbocycles. The van der Waals surface area contributed by atoms with Gasteiger partial charge in [0, 0.05) is 53.7 Å². The highest BCUT2D eigenvalue weighted by molar-refractivity contribution is 7.25. The van der Waals surface area contributed by atoms with E-state index in [9.17, 15) is 0 Å². The van der Waals surface area contributed by atoms with Gasteiger partial charge in [0.2, 0.25) is 0 Å². The summed E-state index contributed by atoms with van der Waals surface area (Å²) >= 11 is 1.86. The molecule has 1 saturated carbocycles. The number of fused-ring (bicyclic) bond motifs is 6. The normalized spacial score (nSPS) is 13.6. The molecular weight excluding hydrogens is 625 g/mol. The van der Waals surface area contributed by atoms with Gasteiger partial charge in [0.25, 0.3) is 0 Å². The van der Waals surface area contributed by atoms with Crippen molar-refractivity contribution in [2.75, 3.05) is 4.90 Å². The Morgan fingerprint density at radius 1 is 0.460 bits per heavy atom. The third-order valence-corrected chi connectivity index (χ3v) is 11.9. The van der Waals surface area contributed by atoms with E-state index < -0.39 is 0 Å². The van der Waals surface area contributed by atoms with Crippen molar-refractivity contribution in [2.45, 2.75) is 31.6 Å². The highest BCUT2D eigenvalue weighted by atomic mass is 32.1. The van der Waals surface area contributed by atoms with E-state index in [2.05, 4.69) is 173 Å². The molecule has 2 aromatic heterocycles. The Labute approximate surface area is 296 Å². The van der Waals surface area contributed by atoms with Crippen LogP contribution in [0.5, 0.6) is 0 Å². The summed E-state index contributed by atoms with van der Waals surface area (Å²) in [5.74, 6) is 0.735. The summed E-state index contributed by atoms with van der Waals surface area (Å²) < 4.78 is 5.02. The lowest BCUT2D eigenvalue weighted by Crippen LogP contribution is -2.10. The summed E-state index contributed by atoms with van der Waals surface area (Å²) in [6.07, 6.45) is 5.39. The third-order valence-electron chi connectivity index (χ3n) is 10.8. The van der Waals surface area contributed by atoms with Gasteiger partial charge in [-0.15, -0.1) is 11.3 Å². The van der Waals surface area contributed by atoms with E-state index in [-0.39, 0.29) is 0 Å². The zero-order chi connectivity index (χ0) is 33.0. The Morgan fingerprint density at radius 2 is 0.980 bits per heavy atom. The number of hydrogen-bond donors (Lipinski definition) is 0. The fraction of sp³-hybridized carbons (Fsp3) is 0.106. The molecule has 3 heteroatoms. The molecule has 0 N–H and O–H groups in total. The summed E-state index contributed by atoms with van der Waals surface area (Å²) in [6, 6.07) is 60.6. The zero-order valence-electron chi connectivity index (χ0n) is 27.8. The van der Waals surface area contributed by atoms with Crippen LogP contribution in [0.3, 0.4) is 0 Å². The highest BCUT2D eigenvalue weighted by Crippen LogP contribution is 2.42. The van der Waals surface area contributed by atoms with Gasteiger partial charge in [-0.05, 0) is 108 Å². The molecule has 2 nitrogen and oxygen atoms in total. The van der Waals surface area contributed by atoms with E-state index in [1.165, 1.54) is 84.4 Å². The molecule has 50 heavy (non-hydrogen) atoms. The molecule has 9 aromatic rings. The van der Waals surface area contributed by atoms with Crippen molar-refractivity contribution < 1.29 is 0 Å². The lowest BCUT2D eigenvalue weighted by molar-refractivity contribution is 0.723. The molecule has 2 heterocycles. The maximum Gasteiger partial charge on any atom is 0.0541 e. The quantitative estimate of drug-likeness (QED) is 0.172. The predicted octanol–water partition coefficient (Wildman–Crippen LogP) is 13.9. The van der Waals surface area contributed by atoms with Crippen LogP contribution in [0.4, 0.5) is 17.1 Å². The van der Waals surface area contributed by atoms with Crippen LogP contribution in [-0.2, 0) is 0 Å². The van der Waals surface area contributed by atoms with E-state index in [1.807, 2.05) is 11.3 Å². The van der Waals surface area contributed by atoms with Gasteiger partial charge in [0.1, 0.15) is 0 Å². The number of hydrogen-bond acceptors (Lipinski definition) is 2. The second-order valence-corrected chi connectivity index (χ2v) is 14.7. The van der Waals surface area contributed by atoms with Gasteiger partial charge in [-0.2, -0.15) is 0 Å². The number of nitrogens with zero attached hydrogens (tertiary/aromatic N) is 2.